The molecule has 0 aromatic heterocycles. The molecule has 0 heterocycles. The molecule has 0 radical (unpaired) electrons. The highest BCUT2D eigenvalue weighted by Crippen LogP contribution is 2.76. The van der Waals surface area contributed by atoms with Gasteiger partial charge in [-0.2, -0.15) is 0 Å². The number of aliphatic carboxylic acids is 1. The SMILES string of the molecule is CCOC(=O)C1CC=C(C2=CCC3(C)C(CCC4(C)C3CCC3C5=C(C(C)C)C(=O)CC5(C(=O)O)CCC34C)C2(C)C)CC1. The van der Waals surface area contributed by atoms with Crippen molar-refractivity contribution in [1.82, 2.24) is 0 Å². The van der Waals surface area contributed by atoms with E-state index in [1.165, 1.54) is 17.6 Å². The summed E-state index contributed by atoms with van der Waals surface area (Å²) in [6.07, 6.45) is 14.6. The molecule has 242 valence electrons. The Balaban J connectivity index is 1.34. The second-order valence-electron chi connectivity index (χ2n) is 17.1. The third kappa shape index (κ3) is 4.11. The van der Waals surface area contributed by atoms with E-state index in [0.717, 1.165) is 62.5 Å². The molecule has 44 heavy (non-hydrogen) atoms. The van der Waals surface area contributed by atoms with Gasteiger partial charge in [0.1, 0.15) is 0 Å². The summed E-state index contributed by atoms with van der Waals surface area (Å²) in [5.41, 5.74) is 4.11. The number of fused-ring (bicyclic) bond motifs is 7. The molecule has 3 fully saturated rings. The standard InChI is InChI=1S/C39H56O5/c1-9-44-33(41)25-12-10-24(11-13-25)26-16-18-36(6)29(35(26,4)5)17-19-38(8)30(36)15-14-27-32-31(23(2)3)28(40)22-39(32,34(42)43)21-20-37(27,38)7/h10,16,23,25,27,29-30H,9,11-15,17-22H2,1-8H3,(H,42,43). The molecular formula is C39H56O5. The van der Waals surface area contributed by atoms with Gasteiger partial charge in [-0.1, -0.05) is 60.6 Å². The number of rotatable bonds is 5. The molecule has 6 rings (SSSR count). The maximum atomic E-state index is 13.4. The Labute approximate surface area is 265 Å². The quantitative estimate of drug-likeness (QED) is 0.317. The largest absolute Gasteiger partial charge is 0.481 e. The summed E-state index contributed by atoms with van der Waals surface area (Å²) in [5.74, 6) is 0.587. The molecule has 6 aliphatic carbocycles. The van der Waals surface area contributed by atoms with Gasteiger partial charge in [-0.25, -0.2) is 0 Å². The van der Waals surface area contributed by atoms with Crippen molar-refractivity contribution in [1.29, 1.82) is 0 Å². The smallest absolute Gasteiger partial charge is 0.314 e. The topological polar surface area (TPSA) is 80.7 Å². The minimum Gasteiger partial charge on any atom is -0.481 e. The van der Waals surface area contributed by atoms with Gasteiger partial charge in [0.05, 0.1) is 17.9 Å². The number of carboxylic acid groups (broad SMARTS) is 1. The molecule has 8 atom stereocenters. The fraction of sp³-hybridized carbons (Fsp3) is 0.769. The summed E-state index contributed by atoms with van der Waals surface area (Å²) in [6, 6.07) is 0. The van der Waals surface area contributed by atoms with Gasteiger partial charge in [0, 0.05) is 6.42 Å². The van der Waals surface area contributed by atoms with E-state index in [2.05, 4.69) is 60.6 Å². The minimum atomic E-state index is -0.990. The van der Waals surface area contributed by atoms with Crippen LogP contribution in [0, 0.1) is 56.7 Å². The third-order valence-electron chi connectivity index (χ3n) is 14.8. The molecule has 0 aromatic rings. The normalized spacial score (nSPS) is 42.9. The number of esters is 1. The molecule has 5 nitrogen and oxygen atoms in total. The summed E-state index contributed by atoms with van der Waals surface area (Å²) in [4.78, 5) is 38.8. The van der Waals surface area contributed by atoms with E-state index >= 15 is 0 Å². The molecule has 0 amide bonds. The molecule has 1 N–H and O–H groups in total. The lowest BCUT2D eigenvalue weighted by Gasteiger charge is -2.71. The Bertz CT molecular complexity index is 1360. The fourth-order valence-electron chi connectivity index (χ4n) is 12.6. The molecule has 6 aliphatic rings. The Hall–Kier alpha value is -2.17. The molecule has 5 heteroatoms. The first-order valence-corrected chi connectivity index (χ1v) is 17.7. The summed E-state index contributed by atoms with van der Waals surface area (Å²) in [5, 5.41) is 10.6. The van der Waals surface area contributed by atoms with Crippen LogP contribution in [0.5, 0.6) is 0 Å². The van der Waals surface area contributed by atoms with Crippen LogP contribution in [0.3, 0.4) is 0 Å². The average molecular weight is 605 g/mol. The highest BCUT2D eigenvalue weighted by molar-refractivity contribution is 6.05. The van der Waals surface area contributed by atoms with Crippen LogP contribution in [0.2, 0.25) is 0 Å². The maximum absolute atomic E-state index is 13.4. The van der Waals surface area contributed by atoms with E-state index in [1.54, 1.807) is 0 Å². The number of carbonyl (C=O) groups is 3. The number of hydrogen-bond acceptors (Lipinski definition) is 4. The molecule has 3 saturated carbocycles. The number of Topliss-reactive ketones (excluding diaryl/α,β-unsaturated/α-hetero) is 1. The number of allylic oxidation sites excluding steroid dienone is 5. The van der Waals surface area contributed by atoms with Crippen molar-refractivity contribution in [2.45, 2.75) is 126 Å². The van der Waals surface area contributed by atoms with E-state index in [-0.39, 0.29) is 57.6 Å². The second-order valence-corrected chi connectivity index (χ2v) is 17.1. The van der Waals surface area contributed by atoms with Crippen molar-refractivity contribution in [3.63, 3.8) is 0 Å². The first-order chi connectivity index (χ1) is 20.6. The molecule has 0 saturated heterocycles. The lowest BCUT2D eigenvalue weighted by atomic mass is 9.33. The first-order valence-electron chi connectivity index (χ1n) is 17.7. The predicted molar refractivity (Wildman–Crippen MR) is 173 cm³/mol. The molecular weight excluding hydrogens is 548 g/mol. The summed E-state index contributed by atoms with van der Waals surface area (Å²) in [6.45, 7) is 19.0. The van der Waals surface area contributed by atoms with E-state index in [1.807, 2.05) is 6.92 Å². The predicted octanol–water partition coefficient (Wildman–Crippen LogP) is 8.88. The highest BCUT2D eigenvalue weighted by Gasteiger charge is 2.70. The van der Waals surface area contributed by atoms with Crippen LogP contribution in [0.15, 0.2) is 34.4 Å². The molecule has 0 bridgehead atoms. The van der Waals surface area contributed by atoms with Gasteiger partial charge >= 0.3 is 11.9 Å². The van der Waals surface area contributed by atoms with Crippen LogP contribution in [-0.4, -0.2) is 29.4 Å². The number of carbonyl (C=O) groups excluding carboxylic acids is 2. The van der Waals surface area contributed by atoms with Crippen LogP contribution < -0.4 is 0 Å². The minimum absolute atomic E-state index is 0.0144. The van der Waals surface area contributed by atoms with Gasteiger partial charge in [0.2, 0.25) is 0 Å². The van der Waals surface area contributed by atoms with Gasteiger partial charge in [0.15, 0.2) is 5.78 Å². The lowest BCUT2D eigenvalue weighted by Crippen LogP contribution is -2.64. The van der Waals surface area contributed by atoms with Gasteiger partial charge in [-0.15, -0.1) is 0 Å². The van der Waals surface area contributed by atoms with Gasteiger partial charge in [-0.3, -0.25) is 14.4 Å². The van der Waals surface area contributed by atoms with E-state index in [0.29, 0.717) is 24.9 Å². The molecule has 0 spiro atoms. The van der Waals surface area contributed by atoms with Crippen molar-refractivity contribution in [3.8, 4) is 0 Å². The number of carboxylic acids is 1. The fourth-order valence-corrected chi connectivity index (χ4v) is 12.6. The summed E-state index contributed by atoms with van der Waals surface area (Å²) in [7, 11) is 0. The Morgan fingerprint density at radius 1 is 0.955 bits per heavy atom. The zero-order valence-electron chi connectivity index (χ0n) is 28.6. The molecule has 0 aromatic carbocycles. The molecule has 8 unspecified atom stereocenters. The maximum Gasteiger partial charge on any atom is 0.314 e. The number of hydrogen-bond donors (Lipinski definition) is 1. The van der Waals surface area contributed by atoms with Crippen LogP contribution in [0.1, 0.15) is 126 Å². The van der Waals surface area contributed by atoms with Crippen molar-refractivity contribution in [2.75, 3.05) is 6.61 Å². The Morgan fingerprint density at radius 3 is 2.30 bits per heavy atom. The molecule has 0 aliphatic heterocycles. The monoisotopic (exact) mass is 604 g/mol. The van der Waals surface area contributed by atoms with E-state index < -0.39 is 11.4 Å². The van der Waals surface area contributed by atoms with Crippen LogP contribution in [-0.2, 0) is 19.1 Å². The number of ether oxygens (including phenoxy) is 1. The van der Waals surface area contributed by atoms with Crippen molar-refractivity contribution in [2.24, 2.45) is 56.7 Å². The summed E-state index contributed by atoms with van der Waals surface area (Å²) >= 11 is 0. The summed E-state index contributed by atoms with van der Waals surface area (Å²) < 4.78 is 5.32. The Morgan fingerprint density at radius 2 is 1.68 bits per heavy atom. The van der Waals surface area contributed by atoms with Crippen molar-refractivity contribution < 1.29 is 24.2 Å². The van der Waals surface area contributed by atoms with Crippen LogP contribution in [0.25, 0.3) is 0 Å². The first kappa shape index (κ1) is 31.8. The average Bonchev–Trinajstić information content (AvgIpc) is 3.27. The number of ketones is 1. The zero-order chi connectivity index (χ0) is 32.0. The van der Waals surface area contributed by atoms with Gasteiger partial charge in [-0.05, 0) is 139 Å². The van der Waals surface area contributed by atoms with Crippen molar-refractivity contribution in [3.05, 3.63) is 34.4 Å². The van der Waals surface area contributed by atoms with Gasteiger partial charge in [0.25, 0.3) is 0 Å². The second kappa shape index (κ2) is 10.4. The van der Waals surface area contributed by atoms with Gasteiger partial charge < -0.3 is 9.84 Å². The van der Waals surface area contributed by atoms with Crippen LogP contribution in [0.4, 0.5) is 0 Å². The highest BCUT2D eigenvalue weighted by atomic mass is 16.5. The van der Waals surface area contributed by atoms with E-state index in [9.17, 15) is 19.5 Å². The van der Waals surface area contributed by atoms with Crippen molar-refractivity contribution >= 4 is 17.7 Å². The van der Waals surface area contributed by atoms with Crippen LogP contribution >= 0.6 is 0 Å². The zero-order valence-corrected chi connectivity index (χ0v) is 28.6. The Kier molecular flexibility index (Phi) is 7.53. The van der Waals surface area contributed by atoms with E-state index in [4.69, 9.17) is 4.74 Å². The lowest BCUT2D eigenvalue weighted by molar-refractivity contribution is -0.201. The third-order valence-corrected chi connectivity index (χ3v) is 14.8.